The number of hydrogen-bond acceptors (Lipinski definition) is 5. The summed E-state index contributed by atoms with van der Waals surface area (Å²) >= 11 is 3.09. The molecule has 0 unspecified atom stereocenters. The van der Waals surface area contributed by atoms with Crippen LogP contribution in [0.25, 0.3) is 20.7 Å². The summed E-state index contributed by atoms with van der Waals surface area (Å²) in [6, 6.07) is 11.8. The van der Waals surface area contributed by atoms with Crippen molar-refractivity contribution in [2.24, 2.45) is 0 Å². The molecule has 0 saturated heterocycles. The first-order chi connectivity index (χ1) is 14.2. The Kier molecular flexibility index (Phi) is 5.34. The fourth-order valence-corrected chi connectivity index (χ4v) is 5.29. The molecule has 0 fully saturated rings. The van der Waals surface area contributed by atoms with Crippen molar-refractivity contribution >= 4 is 44.5 Å². The molecule has 0 saturated carbocycles. The first kappa shape index (κ1) is 20.5. The molecule has 30 heavy (non-hydrogen) atoms. The second kappa shape index (κ2) is 7.81. The molecule has 3 aromatic heterocycles. The van der Waals surface area contributed by atoms with Crippen molar-refractivity contribution in [3.8, 4) is 10.4 Å². The van der Waals surface area contributed by atoms with E-state index in [4.69, 9.17) is 0 Å². The zero-order valence-electron chi connectivity index (χ0n) is 17.4. The van der Waals surface area contributed by atoms with Crippen LogP contribution in [0.4, 0.5) is 5.69 Å². The van der Waals surface area contributed by atoms with Gasteiger partial charge in [0.05, 0.1) is 11.7 Å². The van der Waals surface area contributed by atoms with Gasteiger partial charge in [-0.3, -0.25) is 14.2 Å². The minimum atomic E-state index is -0.251. The average Bonchev–Trinajstić information content (AvgIpc) is 3.30. The SMILES string of the molecule is Cc1ccc(-c2csc3ncn(CC(=O)Nc4ccccc4C(C)(C)C)c(=O)c23)s1. The number of anilines is 1. The largest absolute Gasteiger partial charge is 0.324 e. The molecular weight excluding hydrogens is 414 g/mol. The summed E-state index contributed by atoms with van der Waals surface area (Å²) in [5.41, 5.74) is 2.40. The molecule has 4 rings (SSSR count). The number of aromatic nitrogens is 2. The van der Waals surface area contributed by atoms with Gasteiger partial charge in [-0.15, -0.1) is 22.7 Å². The molecule has 0 radical (unpaired) electrons. The Bertz CT molecular complexity index is 1290. The smallest absolute Gasteiger partial charge is 0.263 e. The summed E-state index contributed by atoms with van der Waals surface area (Å²) in [5.74, 6) is -0.251. The molecule has 154 valence electrons. The van der Waals surface area contributed by atoms with Crippen LogP contribution >= 0.6 is 22.7 Å². The molecule has 4 aromatic rings. The van der Waals surface area contributed by atoms with Gasteiger partial charge < -0.3 is 5.32 Å². The fraction of sp³-hybridized carbons (Fsp3) is 0.261. The average molecular weight is 438 g/mol. The number of benzene rings is 1. The Morgan fingerprint density at radius 3 is 2.63 bits per heavy atom. The van der Waals surface area contributed by atoms with Gasteiger partial charge in [0, 0.05) is 26.4 Å². The number of rotatable bonds is 4. The van der Waals surface area contributed by atoms with Gasteiger partial charge in [0.2, 0.25) is 5.91 Å². The van der Waals surface area contributed by atoms with Crippen LogP contribution in [0.1, 0.15) is 31.2 Å². The standard InChI is InChI=1S/C23H23N3O2S2/c1-14-9-10-18(30-14)15-12-29-21-20(15)22(28)26(13-24-21)11-19(27)25-17-8-6-5-7-16(17)23(2,3)4/h5-10,12-13H,11H2,1-4H3,(H,25,27). The number of nitrogens with zero attached hydrogens (tertiary/aromatic N) is 2. The predicted octanol–water partition coefficient (Wildman–Crippen LogP) is 5.43. The third kappa shape index (κ3) is 3.95. The van der Waals surface area contributed by atoms with E-state index < -0.39 is 0 Å². The van der Waals surface area contributed by atoms with Gasteiger partial charge in [-0.25, -0.2) is 4.98 Å². The molecular formula is C23H23N3O2S2. The summed E-state index contributed by atoms with van der Waals surface area (Å²) in [6.07, 6.45) is 1.46. The van der Waals surface area contributed by atoms with Crippen LogP contribution in [0.2, 0.25) is 0 Å². The summed E-state index contributed by atoms with van der Waals surface area (Å²) in [6.45, 7) is 8.26. The van der Waals surface area contributed by atoms with E-state index in [0.29, 0.717) is 10.2 Å². The maximum absolute atomic E-state index is 13.2. The van der Waals surface area contributed by atoms with Crippen LogP contribution < -0.4 is 10.9 Å². The van der Waals surface area contributed by atoms with Crippen LogP contribution in [0.15, 0.2) is 52.9 Å². The van der Waals surface area contributed by atoms with Gasteiger partial charge in [-0.1, -0.05) is 39.0 Å². The van der Waals surface area contributed by atoms with Gasteiger partial charge in [0.25, 0.3) is 5.56 Å². The zero-order chi connectivity index (χ0) is 21.5. The molecule has 7 heteroatoms. The lowest BCUT2D eigenvalue weighted by atomic mass is 9.86. The van der Waals surface area contributed by atoms with Gasteiger partial charge in [-0.05, 0) is 36.1 Å². The van der Waals surface area contributed by atoms with E-state index >= 15 is 0 Å². The maximum Gasteiger partial charge on any atom is 0.263 e. The Morgan fingerprint density at radius 2 is 1.93 bits per heavy atom. The Labute approximate surface area is 183 Å². The van der Waals surface area contributed by atoms with Crippen molar-refractivity contribution in [3.63, 3.8) is 0 Å². The highest BCUT2D eigenvalue weighted by atomic mass is 32.1. The summed E-state index contributed by atoms with van der Waals surface area (Å²) in [5, 5.41) is 5.51. The Morgan fingerprint density at radius 1 is 1.17 bits per heavy atom. The molecule has 0 bridgehead atoms. The number of fused-ring (bicyclic) bond motifs is 1. The highest BCUT2D eigenvalue weighted by Crippen LogP contribution is 2.35. The highest BCUT2D eigenvalue weighted by molar-refractivity contribution is 7.19. The lowest BCUT2D eigenvalue weighted by molar-refractivity contribution is -0.116. The topological polar surface area (TPSA) is 64.0 Å². The fourth-order valence-electron chi connectivity index (χ4n) is 3.43. The second-order valence-electron chi connectivity index (χ2n) is 8.26. The van der Waals surface area contributed by atoms with Crippen LogP contribution in [-0.2, 0) is 16.8 Å². The molecule has 0 aliphatic rings. The number of amides is 1. The number of carbonyl (C=O) groups is 1. The quantitative estimate of drug-likeness (QED) is 0.463. The number of thiophene rings is 2. The van der Waals surface area contributed by atoms with Crippen molar-refractivity contribution in [2.45, 2.75) is 39.7 Å². The molecule has 0 aliphatic heterocycles. The molecule has 0 aliphatic carbocycles. The van der Waals surface area contributed by atoms with E-state index in [1.807, 2.05) is 48.7 Å². The monoisotopic (exact) mass is 437 g/mol. The summed E-state index contributed by atoms with van der Waals surface area (Å²) < 4.78 is 1.38. The molecule has 0 atom stereocenters. The van der Waals surface area contributed by atoms with Crippen molar-refractivity contribution in [1.29, 1.82) is 0 Å². The molecule has 1 amide bonds. The predicted molar refractivity (Wildman–Crippen MR) is 126 cm³/mol. The molecule has 5 nitrogen and oxygen atoms in total. The molecule has 1 aromatic carbocycles. The van der Waals surface area contributed by atoms with Crippen LogP contribution in [0.5, 0.6) is 0 Å². The van der Waals surface area contributed by atoms with Gasteiger partial charge in [-0.2, -0.15) is 0 Å². The van der Waals surface area contributed by atoms with Gasteiger partial charge >= 0.3 is 0 Å². The van der Waals surface area contributed by atoms with Crippen LogP contribution in [-0.4, -0.2) is 15.5 Å². The van der Waals surface area contributed by atoms with Crippen molar-refractivity contribution in [3.05, 3.63) is 68.9 Å². The first-order valence-electron chi connectivity index (χ1n) is 9.67. The second-order valence-corrected chi connectivity index (χ2v) is 10.4. The third-order valence-electron chi connectivity index (χ3n) is 4.89. The molecule has 0 spiro atoms. The Hall–Kier alpha value is -2.77. The Balaban J connectivity index is 1.64. The lowest BCUT2D eigenvalue weighted by Gasteiger charge is -2.23. The lowest BCUT2D eigenvalue weighted by Crippen LogP contribution is -2.28. The number of hydrogen-bond donors (Lipinski definition) is 1. The van der Waals surface area contributed by atoms with Crippen LogP contribution in [0, 0.1) is 6.92 Å². The molecule has 1 N–H and O–H groups in total. The summed E-state index contributed by atoms with van der Waals surface area (Å²) in [4.78, 5) is 33.2. The minimum absolute atomic E-state index is 0.0843. The van der Waals surface area contributed by atoms with Crippen molar-refractivity contribution in [1.82, 2.24) is 9.55 Å². The maximum atomic E-state index is 13.2. The number of nitrogens with one attached hydrogen (secondary N) is 1. The van der Waals surface area contributed by atoms with Crippen LogP contribution in [0.3, 0.4) is 0 Å². The summed E-state index contributed by atoms with van der Waals surface area (Å²) in [7, 11) is 0. The molecule has 3 heterocycles. The highest BCUT2D eigenvalue weighted by Gasteiger charge is 2.19. The first-order valence-corrected chi connectivity index (χ1v) is 11.4. The van der Waals surface area contributed by atoms with E-state index in [1.54, 1.807) is 11.3 Å². The third-order valence-corrected chi connectivity index (χ3v) is 6.81. The number of carbonyl (C=O) groups excluding carboxylic acids is 1. The minimum Gasteiger partial charge on any atom is -0.324 e. The number of para-hydroxylation sites is 1. The van der Waals surface area contributed by atoms with E-state index in [-0.39, 0.29) is 23.4 Å². The zero-order valence-corrected chi connectivity index (χ0v) is 19.0. The number of aryl methyl sites for hydroxylation is 1. The van der Waals surface area contributed by atoms with Crippen molar-refractivity contribution in [2.75, 3.05) is 5.32 Å². The van der Waals surface area contributed by atoms with Gasteiger partial charge in [0.15, 0.2) is 0 Å². The van der Waals surface area contributed by atoms with Gasteiger partial charge in [0.1, 0.15) is 11.4 Å². The van der Waals surface area contributed by atoms with E-state index in [0.717, 1.165) is 21.7 Å². The van der Waals surface area contributed by atoms with E-state index in [9.17, 15) is 9.59 Å². The normalized spacial score (nSPS) is 11.7. The van der Waals surface area contributed by atoms with E-state index in [2.05, 4.69) is 31.1 Å². The van der Waals surface area contributed by atoms with E-state index in [1.165, 1.54) is 27.1 Å². The van der Waals surface area contributed by atoms with Crippen molar-refractivity contribution < 1.29 is 4.79 Å².